The molecule has 0 bridgehead atoms. The number of para-hydroxylation sites is 3. The molecule has 1 heterocycles. The first kappa shape index (κ1) is 15.2. The lowest BCUT2D eigenvalue weighted by Crippen LogP contribution is -2.23. The van der Waals surface area contributed by atoms with Crippen LogP contribution in [0.2, 0.25) is 0 Å². The highest BCUT2D eigenvalue weighted by molar-refractivity contribution is 6.09. The maximum Gasteiger partial charge on any atom is 0.232 e. The van der Waals surface area contributed by atoms with E-state index in [1.807, 2.05) is 0 Å². The summed E-state index contributed by atoms with van der Waals surface area (Å²) in [5, 5.41) is 28.7. The Labute approximate surface area is 132 Å². The smallest absolute Gasteiger partial charge is 0.232 e. The summed E-state index contributed by atoms with van der Waals surface area (Å²) in [5.41, 5.74) is 1.43. The fourth-order valence-corrected chi connectivity index (χ4v) is 2.49. The largest absolute Gasteiger partial charge is 0.507 e. The number of carbonyl (C=O) groups is 1. The lowest BCUT2D eigenvalue weighted by molar-refractivity contribution is 0.0804. The summed E-state index contributed by atoms with van der Waals surface area (Å²) in [6, 6.07) is 13.4. The Bertz CT molecular complexity index is 857. The molecule has 3 rings (SSSR count). The maximum absolute atomic E-state index is 12.7. The first-order valence-corrected chi connectivity index (χ1v) is 7.18. The summed E-state index contributed by atoms with van der Waals surface area (Å²) < 4.78 is 1.56. The van der Waals surface area contributed by atoms with Gasteiger partial charge in [0.2, 0.25) is 5.78 Å². The number of phenolic OH excluding ortho intramolecular Hbond substituents is 1. The van der Waals surface area contributed by atoms with Gasteiger partial charge in [0.1, 0.15) is 5.75 Å². The number of hydrogen-bond acceptors (Lipinski definition) is 5. The summed E-state index contributed by atoms with van der Waals surface area (Å²) in [7, 11) is 0. The van der Waals surface area contributed by atoms with Crippen LogP contribution in [-0.4, -0.2) is 43.4 Å². The second-order valence-corrected chi connectivity index (χ2v) is 5.22. The first-order valence-electron chi connectivity index (χ1n) is 7.18. The minimum Gasteiger partial charge on any atom is -0.507 e. The van der Waals surface area contributed by atoms with Crippen LogP contribution in [0.5, 0.6) is 5.75 Å². The van der Waals surface area contributed by atoms with Gasteiger partial charge in [-0.15, -0.1) is 0 Å². The van der Waals surface area contributed by atoms with E-state index >= 15 is 0 Å². The zero-order valence-corrected chi connectivity index (χ0v) is 12.3. The number of aromatic nitrogens is 2. The van der Waals surface area contributed by atoms with Crippen molar-refractivity contribution in [1.82, 2.24) is 9.55 Å². The number of hydrogen-bond donors (Lipinski definition) is 3. The van der Waals surface area contributed by atoms with Crippen LogP contribution < -0.4 is 0 Å². The highest BCUT2D eigenvalue weighted by Crippen LogP contribution is 2.23. The predicted molar refractivity (Wildman–Crippen MR) is 84.4 cm³/mol. The van der Waals surface area contributed by atoms with Gasteiger partial charge >= 0.3 is 0 Å². The molecule has 0 aliphatic heterocycles. The van der Waals surface area contributed by atoms with Crippen LogP contribution in [0, 0.1) is 0 Å². The van der Waals surface area contributed by atoms with Crippen LogP contribution in [0.3, 0.4) is 0 Å². The van der Waals surface area contributed by atoms with Gasteiger partial charge in [0, 0.05) is 0 Å². The summed E-state index contributed by atoms with van der Waals surface area (Å²) in [4.78, 5) is 17.1. The zero-order chi connectivity index (χ0) is 16.4. The van der Waals surface area contributed by atoms with Gasteiger partial charge in [0.05, 0.1) is 35.9 Å². The van der Waals surface area contributed by atoms with Crippen LogP contribution >= 0.6 is 0 Å². The van der Waals surface area contributed by atoms with Gasteiger partial charge in [-0.3, -0.25) is 4.79 Å². The van der Waals surface area contributed by atoms with Crippen molar-refractivity contribution >= 4 is 16.8 Å². The number of carbonyl (C=O) groups excluding carboxylic acids is 1. The quantitative estimate of drug-likeness (QED) is 0.618. The molecule has 6 heteroatoms. The highest BCUT2D eigenvalue weighted by Gasteiger charge is 2.22. The molecule has 2 aromatic carbocycles. The van der Waals surface area contributed by atoms with E-state index in [9.17, 15) is 15.0 Å². The van der Waals surface area contributed by atoms with Crippen LogP contribution in [0.4, 0.5) is 0 Å². The van der Waals surface area contributed by atoms with E-state index in [2.05, 4.69) is 4.98 Å². The molecule has 0 aliphatic carbocycles. The van der Waals surface area contributed by atoms with E-state index < -0.39 is 18.5 Å². The van der Waals surface area contributed by atoms with Crippen molar-refractivity contribution < 1.29 is 20.1 Å². The van der Waals surface area contributed by atoms with Crippen LogP contribution in [-0.2, 0) is 6.54 Å². The van der Waals surface area contributed by atoms with E-state index in [1.54, 1.807) is 41.0 Å². The van der Waals surface area contributed by atoms with E-state index in [0.29, 0.717) is 11.0 Å². The Balaban J connectivity index is 2.14. The summed E-state index contributed by atoms with van der Waals surface area (Å²) in [6.45, 7) is -0.387. The van der Waals surface area contributed by atoms with Gasteiger partial charge in [-0.1, -0.05) is 24.3 Å². The molecule has 0 amide bonds. The SMILES string of the molecule is O=C(c1ccccc1O)c1nc2ccccc2n1CC(O)CO. The molecule has 1 atom stereocenters. The second kappa shape index (κ2) is 6.20. The second-order valence-electron chi connectivity index (χ2n) is 5.22. The Morgan fingerprint density at radius 1 is 1.13 bits per heavy atom. The number of imidazole rings is 1. The Hall–Kier alpha value is -2.70. The monoisotopic (exact) mass is 312 g/mol. The third-order valence-electron chi connectivity index (χ3n) is 3.61. The molecular weight excluding hydrogens is 296 g/mol. The van der Waals surface area contributed by atoms with Crippen LogP contribution in [0.1, 0.15) is 16.2 Å². The molecule has 0 radical (unpaired) electrons. The van der Waals surface area contributed by atoms with Crippen molar-refractivity contribution in [3.63, 3.8) is 0 Å². The summed E-state index contributed by atoms with van der Waals surface area (Å²) in [6.07, 6.45) is -1.01. The van der Waals surface area contributed by atoms with Gasteiger partial charge < -0.3 is 19.9 Å². The van der Waals surface area contributed by atoms with Crippen molar-refractivity contribution in [2.75, 3.05) is 6.61 Å². The number of ketones is 1. The average molecular weight is 312 g/mol. The number of benzene rings is 2. The normalized spacial score (nSPS) is 12.4. The Kier molecular flexibility index (Phi) is 4.10. The molecular formula is C17H16N2O4. The number of rotatable bonds is 5. The number of aromatic hydroxyl groups is 1. The van der Waals surface area contributed by atoms with Crippen LogP contribution in [0.15, 0.2) is 48.5 Å². The van der Waals surface area contributed by atoms with E-state index in [0.717, 1.165) is 0 Å². The zero-order valence-electron chi connectivity index (χ0n) is 12.3. The average Bonchev–Trinajstić information content (AvgIpc) is 2.93. The van der Waals surface area contributed by atoms with E-state index in [4.69, 9.17) is 5.11 Å². The summed E-state index contributed by atoms with van der Waals surface area (Å²) >= 11 is 0. The molecule has 3 aromatic rings. The summed E-state index contributed by atoms with van der Waals surface area (Å²) in [5.74, 6) is -0.455. The molecule has 0 saturated heterocycles. The molecule has 23 heavy (non-hydrogen) atoms. The molecule has 0 spiro atoms. The standard InChI is InChI=1S/C17H16N2O4/c20-10-11(21)9-19-14-7-3-2-6-13(14)18-17(19)16(23)12-5-1-4-8-15(12)22/h1-8,11,20-22H,9-10H2. The van der Waals surface area contributed by atoms with Gasteiger partial charge in [-0.05, 0) is 24.3 Å². The number of nitrogens with zero attached hydrogens (tertiary/aromatic N) is 2. The Morgan fingerprint density at radius 2 is 1.83 bits per heavy atom. The fourth-order valence-electron chi connectivity index (χ4n) is 2.49. The van der Waals surface area contributed by atoms with Crippen LogP contribution in [0.25, 0.3) is 11.0 Å². The lowest BCUT2D eigenvalue weighted by atomic mass is 10.1. The molecule has 1 aromatic heterocycles. The molecule has 1 unspecified atom stereocenters. The molecule has 0 aliphatic rings. The van der Waals surface area contributed by atoms with Crippen molar-refractivity contribution in [2.24, 2.45) is 0 Å². The molecule has 3 N–H and O–H groups in total. The third kappa shape index (κ3) is 2.81. The molecule has 0 fully saturated rings. The fraction of sp³-hybridized carbons (Fsp3) is 0.176. The topological polar surface area (TPSA) is 95.6 Å². The molecule has 0 saturated carbocycles. The number of aliphatic hydroxyl groups is 2. The minimum atomic E-state index is -1.01. The van der Waals surface area contributed by atoms with Crippen molar-refractivity contribution in [2.45, 2.75) is 12.6 Å². The highest BCUT2D eigenvalue weighted by atomic mass is 16.3. The number of fused-ring (bicyclic) bond motifs is 1. The molecule has 118 valence electrons. The number of phenols is 1. The maximum atomic E-state index is 12.7. The van der Waals surface area contributed by atoms with Crippen molar-refractivity contribution in [3.05, 3.63) is 59.9 Å². The van der Waals surface area contributed by atoms with Gasteiger partial charge in [0.25, 0.3) is 0 Å². The Morgan fingerprint density at radius 3 is 2.57 bits per heavy atom. The minimum absolute atomic E-state index is 0.0334. The molecule has 6 nitrogen and oxygen atoms in total. The van der Waals surface area contributed by atoms with Gasteiger partial charge in [-0.25, -0.2) is 4.98 Å². The van der Waals surface area contributed by atoms with Gasteiger partial charge in [-0.2, -0.15) is 0 Å². The lowest BCUT2D eigenvalue weighted by Gasteiger charge is -2.12. The predicted octanol–water partition coefficient (Wildman–Crippen LogP) is 1.33. The van der Waals surface area contributed by atoms with E-state index in [-0.39, 0.29) is 23.7 Å². The van der Waals surface area contributed by atoms with E-state index in [1.165, 1.54) is 12.1 Å². The first-order chi connectivity index (χ1) is 11.1. The van der Waals surface area contributed by atoms with Crippen molar-refractivity contribution in [3.8, 4) is 5.75 Å². The van der Waals surface area contributed by atoms with Gasteiger partial charge in [0.15, 0.2) is 5.82 Å². The number of aliphatic hydroxyl groups excluding tert-OH is 2. The van der Waals surface area contributed by atoms with Crippen molar-refractivity contribution in [1.29, 1.82) is 0 Å². The third-order valence-corrected chi connectivity index (χ3v) is 3.61.